The molecular formula is C19H17FN4O. The lowest BCUT2D eigenvalue weighted by molar-refractivity contribution is 0.0714. The molecule has 126 valence electrons. The van der Waals surface area contributed by atoms with Crippen molar-refractivity contribution in [3.8, 4) is 0 Å². The van der Waals surface area contributed by atoms with Crippen LogP contribution in [0.25, 0.3) is 10.9 Å². The van der Waals surface area contributed by atoms with E-state index in [1.165, 1.54) is 12.1 Å². The number of carbonyl (C=O) groups is 1. The summed E-state index contributed by atoms with van der Waals surface area (Å²) in [6.45, 7) is 1.30. The van der Waals surface area contributed by atoms with Gasteiger partial charge in [-0.2, -0.15) is 0 Å². The highest BCUT2D eigenvalue weighted by Crippen LogP contribution is 2.28. The number of benzene rings is 1. The Morgan fingerprint density at radius 1 is 1.08 bits per heavy atom. The molecule has 0 radical (unpaired) electrons. The van der Waals surface area contributed by atoms with E-state index in [-0.39, 0.29) is 11.7 Å². The number of hydrogen-bond donors (Lipinski definition) is 0. The Balaban J connectivity index is 1.54. The van der Waals surface area contributed by atoms with Gasteiger partial charge in [0.05, 0.1) is 11.1 Å². The molecule has 6 heteroatoms. The van der Waals surface area contributed by atoms with Gasteiger partial charge in [-0.05, 0) is 43.2 Å². The third-order valence-electron chi connectivity index (χ3n) is 4.75. The fraction of sp³-hybridized carbons (Fsp3) is 0.263. The molecule has 4 rings (SSSR count). The van der Waals surface area contributed by atoms with Crippen molar-refractivity contribution >= 4 is 16.8 Å². The van der Waals surface area contributed by atoms with E-state index in [9.17, 15) is 9.18 Å². The highest BCUT2D eigenvalue weighted by atomic mass is 19.1. The van der Waals surface area contributed by atoms with Crippen molar-refractivity contribution in [3.05, 3.63) is 66.1 Å². The number of aromatic nitrogens is 3. The molecule has 3 aromatic rings. The second-order valence-electron chi connectivity index (χ2n) is 6.20. The zero-order valence-electron chi connectivity index (χ0n) is 13.6. The molecule has 0 aliphatic carbocycles. The quantitative estimate of drug-likeness (QED) is 0.721. The maximum Gasteiger partial charge on any atom is 0.256 e. The summed E-state index contributed by atoms with van der Waals surface area (Å²) in [7, 11) is 0. The average molecular weight is 336 g/mol. The Labute approximate surface area is 144 Å². The summed E-state index contributed by atoms with van der Waals surface area (Å²) < 4.78 is 13.9. The van der Waals surface area contributed by atoms with Crippen molar-refractivity contribution in [1.82, 2.24) is 19.9 Å². The first-order valence-electron chi connectivity index (χ1n) is 8.32. The van der Waals surface area contributed by atoms with Gasteiger partial charge >= 0.3 is 0 Å². The number of halogens is 1. The summed E-state index contributed by atoms with van der Waals surface area (Å²) in [5.74, 6) is -0.109. The van der Waals surface area contributed by atoms with Crippen LogP contribution < -0.4 is 0 Å². The Morgan fingerprint density at radius 3 is 2.68 bits per heavy atom. The van der Waals surface area contributed by atoms with Gasteiger partial charge in [0.2, 0.25) is 0 Å². The molecule has 0 bridgehead atoms. The maximum absolute atomic E-state index is 13.9. The second-order valence-corrected chi connectivity index (χ2v) is 6.20. The van der Waals surface area contributed by atoms with Crippen molar-refractivity contribution in [3.63, 3.8) is 0 Å². The molecule has 1 saturated heterocycles. The van der Waals surface area contributed by atoms with Gasteiger partial charge < -0.3 is 4.90 Å². The smallest absolute Gasteiger partial charge is 0.256 e. The molecule has 0 spiro atoms. The molecule has 1 aromatic carbocycles. The van der Waals surface area contributed by atoms with Crippen molar-refractivity contribution in [1.29, 1.82) is 0 Å². The normalized spacial score (nSPS) is 15.5. The number of likely N-dealkylation sites (tertiary alicyclic amines) is 1. The van der Waals surface area contributed by atoms with Gasteiger partial charge in [-0.25, -0.2) is 14.4 Å². The molecule has 1 amide bonds. The van der Waals surface area contributed by atoms with Gasteiger partial charge in [0.1, 0.15) is 12.1 Å². The molecule has 0 N–H and O–H groups in total. The topological polar surface area (TPSA) is 59.0 Å². The lowest BCUT2D eigenvalue weighted by Gasteiger charge is -2.31. The number of pyridine rings is 1. The number of rotatable bonds is 2. The van der Waals surface area contributed by atoms with Crippen molar-refractivity contribution in [2.75, 3.05) is 13.1 Å². The number of amides is 1. The lowest BCUT2D eigenvalue weighted by Crippen LogP contribution is -2.38. The lowest BCUT2D eigenvalue weighted by atomic mass is 9.93. The summed E-state index contributed by atoms with van der Waals surface area (Å²) in [5, 5.41) is 0.379. The van der Waals surface area contributed by atoms with Crippen LogP contribution in [0.5, 0.6) is 0 Å². The fourth-order valence-electron chi connectivity index (χ4n) is 3.40. The zero-order valence-corrected chi connectivity index (χ0v) is 13.6. The predicted octanol–water partition coefficient (Wildman–Crippen LogP) is 3.18. The summed E-state index contributed by atoms with van der Waals surface area (Å²) in [6.07, 6.45) is 6.60. The van der Waals surface area contributed by atoms with Crippen LogP contribution in [-0.2, 0) is 0 Å². The van der Waals surface area contributed by atoms with E-state index in [4.69, 9.17) is 0 Å². The SMILES string of the molecule is O=C(c1ccc(F)c2cccnc12)N1CCC(c2ccncn2)CC1. The number of fused-ring (bicyclic) bond motifs is 1. The molecule has 0 saturated carbocycles. The van der Waals surface area contributed by atoms with Crippen LogP contribution in [0.15, 0.2) is 49.1 Å². The number of carbonyl (C=O) groups excluding carboxylic acids is 1. The third kappa shape index (κ3) is 2.95. The predicted molar refractivity (Wildman–Crippen MR) is 91.6 cm³/mol. The minimum Gasteiger partial charge on any atom is -0.339 e. The maximum atomic E-state index is 13.9. The van der Waals surface area contributed by atoms with Gasteiger partial charge in [0.15, 0.2) is 0 Å². The molecule has 1 aliphatic rings. The van der Waals surface area contributed by atoms with E-state index in [1.54, 1.807) is 30.9 Å². The highest BCUT2D eigenvalue weighted by molar-refractivity contribution is 6.05. The van der Waals surface area contributed by atoms with Crippen molar-refractivity contribution in [2.24, 2.45) is 0 Å². The van der Waals surface area contributed by atoms with E-state index < -0.39 is 0 Å². The van der Waals surface area contributed by atoms with Crippen molar-refractivity contribution < 1.29 is 9.18 Å². The molecule has 1 fully saturated rings. The third-order valence-corrected chi connectivity index (χ3v) is 4.75. The first-order chi connectivity index (χ1) is 12.2. The molecule has 1 aliphatic heterocycles. The first-order valence-corrected chi connectivity index (χ1v) is 8.32. The molecule has 2 aromatic heterocycles. The van der Waals surface area contributed by atoms with Crippen LogP contribution in [0.2, 0.25) is 0 Å². The van der Waals surface area contributed by atoms with E-state index in [0.29, 0.717) is 35.5 Å². The van der Waals surface area contributed by atoms with Gasteiger partial charge in [-0.1, -0.05) is 0 Å². The molecule has 0 unspecified atom stereocenters. The van der Waals surface area contributed by atoms with Crippen molar-refractivity contribution in [2.45, 2.75) is 18.8 Å². The standard InChI is InChI=1S/C19H17FN4O/c20-16-4-3-15(18-14(16)2-1-8-22-18)19(25)24-10-6-13(7-11-24)17-5-9-21-12-23-17/h1-5,8-9,12-13H,6-7,10-11H2. The average Bonchev–Trinajstić information content (AvgIpc) is 2.69. The second kappa shape index (κ2) is 6.55. The number of nitrogens with zero attached hydrogens (tertiary/aromatic N) is 4. The Morgan fingerprint density at radius 2 is 1.92 bits per heavy atom. The van der Waals surface area contributed by atoms with Crippen LogP contribution in [-0.4, -0.2) is 38.8 Å². The van der Waals surface area contributed by atoms with Crippen LogP contribution in [0.4, 0.5) is 4.39 Å². The van der Waals surface area contributed by atoms with Crippen LogP contribution in [0, 0.1) is 5.82 Å². The Bertz CT molecular complexity index is 908. The summed E-state index contributed by atoms with van der Waals surface area (Å²) >= 11 is 0. The van der Waals surface area contributed by atoms with E-state index in [0.717, 1.165) is 18.5 Å². The number of hydrogen-bond acceptors (Lipinski definition) is 4. The molecule has 0 atom stereocenters. The summed E-state index contributed by atoms with van der Waals surface area (Å²) in [6, 6.07) is 8.12. The van der Waals surface area contributed by atoms with Gasteiger partial charge in [-0.3, -0.25) is 9.78 Å². The Kier molecular flexibility index (Phi) is 4.09. The number of piperidine rings is 1. The minimum absolute atomic E-state index is 0.0927. The first kappa shape index (κ1) is 15.6. The van der Waals surface area contributed by atoms with E-state index in [2.05, 4.69) is 15.0 Å². The largest absolute Gasteiger partial charge is 0.339 e. The Hall–Kier alpha value is -2.89. The van der Waals surface area contributed by atoms with Crippen LogP contribution >= 0.6 is 0 Å². The van der Waals surface area contributed by atoms with E-state index in [1.807, 2.05) is 11.0 Å². The van der Waals surface area contributed by atoms with Gasteiger partial charge in [0, 0.05) is 42.5 Å². The summed E-state index contributed by atoms with van der Waals surface area (Å²) in [4.78, 5) is 27.2. The van der Waals surface area contributed by atoms with E-state index >= 15 is 0 Å². The van der Waals surface area contributed by atoms with Gasteiger partial charge in [0.25, 0.3) is 5.91 Å². The molecule has 25 heavy (non-hydrogen) atoms. The minimum atomic E-state index is -0.359. The van der Waals surface area contributed by atoms with Gasteiger partial charge in [-0.15, -0.1) is 0 Å². The summed E-state index contributed by atoms with van der Waals surface area (Å²) in [5.41, 5.74) is 1.90. The molecule has 3 heterocycles. The molecule has 5 nitrogen and oxygen atoms in total. The monoisotopic (exact) mass is 336 g/mol. The molecular weight excluding hydrogens is 319 g/mol. The zero-order chi connectivity index (χ0) is 17.2. The van der Waals surface area contributed by atoms with Crippen LogP contribution in [0.1, 0.15) is 34.8 Å². The fourth-order valence-corrected chi connectivity index (χ4v) is 3.40. The van der Waals surface area contributed by atoms with Crippen LogP contribution in [0.3, 0.4) is 0 Å². The highest BCUT2D eigenvalue weighted by Gasteiger charge is 2.26.